The van der Waals surface area contributed by atoms with E-state index in [-0.39, 0.29) is 11.7 Å². The molecule has 0 spiro atoms. The summed E-state index contributed by atoms with van der Waals surface area (Å²) in [6.45, 7) is 3.03. The number of nitrogens with one attached hydrogen (secondary N) is 1. The molecule has 1 aliphatic heterocycles. The Morgan fingerprint density at radius 2 is 2.37 bits per heavy atom. The Hall–Kier alpha value is -1.40. The Morgan fingerprint density at radius 3 is 3.05 bits per heavy atom. The fourth-order valence-electron chi connectivity index (χ4n) is 2.28. The lowest BCUT2D eigenvalue weighted by molar-refractivity contribution is -0.0296. The zero-order valence-electron chi connectivity index (χ0n) is 11.2. The molecule has 1 aliphatic carbocycles. The first kappa shape index (κ1) is 12.6. The molecule has 19 heavy (non-hydrogen) atoms. The van der Waals surface area contributed by atoms with E-state index in [0.29, 0.717) is 12.6 Å². The van der Waals surface area contributed by atoms with Crippen LogP contribution in [0.1, 0.15) is 12.8 Å². The van der Waals surface area contributed by atoms with Crippen molar-refractivity contribution < 1.29 is 4.74 Å². The molecule has 6 heteroatoms. The maximum atomic E-state index is 12.0. The normalized spacial score (nSPS) is 24.4. The van der Waals surface area contributed by atoms with Crippen molar-refractivity contribution in [2.75, 3.05) is 32.1 Å². The van der Waals surface area contributed by atoms with E-state index >= 15 is 0 Å². The number of ether oxygens (including phenoxy) is 1. The quantitative estimate of drug-likeness (QED) is 0.839. The number of aromatic nitrogens is 2. The summed E-state index contributed by atoms with van der Waals surface area (Å²) in [7, 11) is 2.06. The SMILES string of the molecule is CN1CCOC(Cn2ncc(NC3CC3)cc2=O)C1. The molecule has 1 saturated heterocycles. The molecule has 1 atom stereocenters. The minimum atomic E-state index is -0.0672. The van der Waals surface area contributed by atoms with Crippen LogP contribution < -0.4 is 10.9 Å². The van der Waals surface area contributed by atoms with Crippen molar-refractivity contribution in [1.82, 2.24) is 14.7 Å². The van der Waals surface area contributed by atoms with Gasteiger partial charge >= 0.3 is 0 Å². The number of hydrogen-bond donors (Lipinski definition) is 1. The predicted molar refractivity (Wildman–Crippen MR) is 72.4 cm³/mol. The fraction of sp³-hybridized carbons (Fsp3) is 0.692. The second-order valence-corrected chi connectivity index (χ2v) is 5.44. The summed E-state index contributed by atoms with van der Waals surface area (Å²) in [6, 6.07) is 2.16. The molecule has 1 N–H and O–H groups in total. The average molecular weight is 264 g/mol. The van der Waals surface area contributed by atoms with Gasteiger partial charge < -0.3 is 15.0 Å². The summed E-state index contributed by atoms with van der Waals surface area (Å²) < 4.78 is 7.14. The Kier molecular flexibility index (Phi) is 3.52. The molecule has 1 aromatic rings. The zero-order chi connectivity index (χ0) is 13.2. The van der Waals surface area contributed by atoms with Gasteiger partial charge in [-0.05, 0) is 19.9 Å². The van der Waals surface area contributed by atoms with Crippen molar-refractivity contribution >= 4 is 5.69 Å². The molecule has 2 aliphatic rings. The molecule has 0 amide bonds. The largest absolute Gasteiger partial charge is 0.381 e. The lowest BCUT2D eigenvalue weighted by atomic mass is 10.3. The molecule has 1 saturated carbocycles. The lowest BCUT2D eigenvalue weighted by Gasteiger charge is -2.29. The van der Waals surface area contributed by atoms with Gasteiger partial charge in [-0.1, -0.05) is 0 Å². The first-order valence-electron chi connectivity index (χ1n) is 6.84. The standard InChI is InChI=1S/C13H20N4O2/c1-16-4-5-19-12(8-16)9-17-13(18)6-11(7-14-17)15-10-2-3-10/h6-7,10,12,15H,2-5,8-9H2,1H3. The summed E-state index contributed by atoms with van der Waals surface area (Å²) in [5.74, 6) is 0. The van der Waals surface area contributed by atoms with Crippen molar-refractivity contribution in [3.63, 3.8) is 0 Å². The minimum Gasteiger partial charge on any atom is -0.381 e. The highest BCUT2D eigenvalue weighted by Crippen LogP contribution is 2.23. The summed E-state index contributed by atoms with van der Waals surface area (Å²) in [5, 5.41) is 7.50. The van der Waals surface area contributed by atoms with Gasteiger partial charge in [-0.3, -0.25) is 4.79 Å². The van der Waals surface area contributed by atoms with Crippen LogP contribution in [0, 0.1) is 0 Å². The number of likely N-dealkylation sites (N-methyl/N-ethyl adjacent to an activating group) is 1. The van der Waals surface area contributed by atoms with Gasteiger partial charge in [0.1, 0.15) is 0 Å². The number of morpholine rings is 1. The third kappa shape index (κ3) is 3.33. The Balaban J connectivity index is 1.65. The summed E-state index contributed by atoms with van der Waals surface area (Å²) in [6.07, 6.45) is 4.15. The molecule has 1 aromatic heterocycles. The highest BCUT2D eigenvalue weighted by molar-refractivity contribution is 5.41. The molecule has 104 valence electrons. The van der Waals surface area contributed by atoms with Gasteiger partial charge in [0.15, 0.2) is 0 Å². The van der Waals surface area contributed by atoms with Gasteiger partial charge in [0.2, 0.25) is 0 Å². The molecular weight excluding hydrogens is 244 g/mol. The van der Waals surface area contributed by atoms with Gasteiger partial charge in [0.25, 0.3) is 5.56 Å². The maximum absolute atomic E-state index is 12.0. The maximum Gasteiger partial charge on any atom is 0.268 e. The van der Waals surface area contributed by atoms with Crippen LogP contribution in [0.2, 0.25) is 0 Å². The highest BCUT2D eigenvalue weighted by atomic mass is 16.5. The van der Waals surface area contributed by atoms with E-state index in [9.17, 15) is 4.79 Å². The molecular formula is C13H20N4O2. The minimum absolute atomic E-state index is 0.0474. The summed E-state index contributed by atoms with van der Waals surface area (Å²) in [5.41, 5.74) is 0.757. The number of hydrogen-bond acceptors (Lipinski definition) is 5. The van der Waals surface area contributed by atoms with E-state index in [0.717, 1.165) is 25.4 Å². The third-order valence-electron chi connectivity index (χ3n) is 3.54. The molecule has 2 heterocycles. The van der Waals surface area contributed by atoms with Crippen molar-refractivity contribution in [1.29, 1.82) is 0 Å². The van der Waals surface area contributed by atoms with Crippen LogP contribution in [0.25, 0.3) is 0 Å². The molecule has 6 nitrogen and oxygen atoms in total. The second kappa shape index (κ2) is 5.30. The van der Waals surface area contributed by atoms with Crippen LogP contribution in [0.4, 0.5) is 5.69 Å². The van der Waals surface area contributed by atoms with Crippen LogP contribution in [0.5, 0.6) is 0 Å². The van der Waals surface area contributed by atoms with Crippen LogP contribution >= 0.6 is 0 Å². The molecule has 3 rings (SSSR count). The number of rotatable bonds is 4. The number of anilines is 1. The first-order chi connectivity index (χ1) is 9.20. The van der Waals surface area contributed by atoms with Crippen LogP contribution in [0.3, 0.4) is 0 Å². The lowest BCUT2D eigenvalue weighted by Crippen LogP contribution is -2.43. The first-order valence-corrected chi connectivity index (χ1v) is 6.84. The Morgan fingerprint density at radius 1 is 1.53 bits per heavy atom. The van der Waals surface area contributed by atoms with Crippen LogP contribution in [-0.2, 0) is 11.3 Å². The smallest absolute Gasteiger partial charge is 0.268 e. The van der Waals surface area contributed by atoms with Gasteiger partial charge in [-0.15, -0.1) is 0 Å². The van der Waals surface area contributed by atoms with Crippen molar-refractivity contribution in [3.05, 3.63) is 22.6 Å². The summed E-state index contributed by atoms with van der Waals surface area (Å²) in [4.78, 5) is 14.2. The van der Waals surface area contributed by atoms with E-state index in [4.69, 9.17) is 4.74 Å². The Labute approximate surface area is 112 Å². The van der Waals surface area contributed by atoms with E-state index in [2.05, 4.69) is 22.4 Å². The highest BCUT2D eigenvalue weighted by Gasteiger charge is 2.22. The molecule has 2 fully saturated rings. The van der Waals surface area contributed by atoms with Gasteiger partial charge in [-0.2, -0.15) is 5.10 Å². The zero-order valence-corrected chi connectivity index (χ0v) is 11.2. The van der Waals surface area contributed by atoms with E-state index < -0.39 is 0 Å². The second-order valence-electron chi connectivity index (χ2n) is 5.44. The van der Waals surface area contributed by atoms with Gasteiger partial charge in [-0.25, -0.2) is 4.68 Å². The van der Waals surface area contributed by atoms with Gasteiger partial charge in [0.05, 0.1) is 31.1 Å². The number of nitrogens with zero attached hydrogens (tertiary/aromatic N) is 3. The topological polar surface area (TPSA) is 59.4 Å². The van der Waals surface area contributed by atoms with Crippen LogP contribution in [-0.4, -0.2) is 53.6 Å². The predicted octanol–water partition coefficient (Wildman–Crippen LogP) is 0.148. The van der Waals surface area contributed by atoms with Crippen LogP contribution in [0.15, 0.2) is 17.1 Å². The van der Waals surface area contributed by atoms with E-state index in [1.807, 2.05) is 0 Å². The van der Waals surface area contributed by atoms with Crippen molar-refractivity contribution in [2.45, 2.75) is 31.5 Å². The fourth-order valence-corrected chi connectivity index (χ4v) is 2.28. The molecule has 0 aromatic carbocycles. The average Bonchev–Trinajstić information content (AvgIpc) is 3.17. The monoisotopic (exact) mass is 264 g/mol. The Bertz CT molecular complexity index is 498. The van der Waals surface area contributed by atoms with E-state index in [1.165, 1.54) is 17.5 Å². The van der Waals surface area contributed by atoms with Gasteiger partial charge in [0, 0.05) is 25.2 Å². The van der Waals surface area contributed by atoms with Crippen molar-refractivity contribution in [3.8, 4) is 0 Å². The van der Waals surface area contributed by atoms with E-state index in [1.54, 1.807) is 12.3 Å². The van der Waals surface area contributed by atoms with Crippen molar-refractivity contribution in [2.24, 2.45) is 0 Å². The molecule has 0 radical (unpaired) electrons. The molecule has 0 bridgehead atoms. The molecule has 1 unspecified atom stereocenters. The summed E-state index contributed by atoms with van der Waals surface area (Å²) >= 11 is 0. The third-order valence-corrected chi connectivity index (χ3v) is 3.54.